The van der Waals surface area contributed by atoms with Crippen molar-refractivity contribution in [1.29, 1.82) is 0 Å². The van der Waals surface area contributed by atoms with E-state index in [2.05, 4.69) is 24.2 Å². The Kier molecular flexibility index (Phi) is 8.88. The van der Waals surface area contributed by atoms with Crippen LogP contribution in [0.3, 0.4) is 0 Å². The minimum Gasteiger partial charge on any atom is -0.493 e. The minimum atomic E-state index is -0.318. The fourth-order valence-corrected chi connectivity index (χ4v) is 5.01. The summed E-state index contributed by atoms with van der Waals surface area (Å²) in [6.07, 6.45) is 13.7. The maximum absolute atomic E-state index is 12.2. The molecule has 0 spiro atoms. The highest BCUT2D eigenvalue weighted by atomic mass is 35.5. The standard InChI is InChI=1S/C25H32ClN3O2S/c1-4-5-6-7-8-9-15-31-21-12-11-19(16-20(21)18(2)30)28-24-29-22(23(26)32-24)25(3)13-10-14-27-17-25/h10-12,14,16-17H,4-9,13,15H2,1-3H3,(H,28,29). The van der Waals surface area contributed by atoms with Gasteiger partial charge in [-0.2, -0.15) is 0 Å². The second-order valence-electron chi connectivity index (χ2n) is 8.43. The number of halogens is 1. The lowest BCUT2D eigenvalue weighted by atomic mass is 9.84. The van der Waals surface area contributed by atoms with E-state index in [-0.39, 0.29) is 11.2 Å². The van der Waals surface area contributed by atoms with Gasteiger partial charge in [0.15, 0.2) is 10.9 Å². The summed E-state index contributed by atoms with van der Waals surface area (Å²) in [5, 5.41) is 3.98. The lowest BCUT2D eigenvalue weighted by Crippen LogP contribution is -2.25. The van der Waals surface area contributed by atoms with Gasteiger partial charge in [-0.25, -0.2) is 4.98 Å². The number of Topliss-reactive ketones (excluding diaryl/α,β-unsaturated/α-hetero) is 1. The number of nitrogens with zero attached hydrogens (tertiary/aromatic N) is 2. The Labute approximate surface area is 200 Å². The average Bonchev–Trinajstić information content (AvgIpc) is 3.15. The lowest BCUT2D eigenvalue weighted by molar-refractivity contribution is 0.101. The predicted molar refractivity (Wildman–Crippen MR) is 135 cm³/mol. The number of ether oxygens (including phenoxy) is 1. The first-order valence-corrected chi connectivity index (χ1v) is 12.5. The molecule has 32 heavy (non-hydrogen) atoms. The number of nitrogens with one attached hydrogen (secondary N) is 1. The Morgan fingerprint density at radius 3 is 2.75 bits per heavy atom. The van der Waals surface area contributed by atoms with Crippen LogP contribution in [0, 0.1) is 0 Å². The normalized spacial score (nSPS) is 17.5. The summed E-state index contributed by atoms with van der Waals surface area (Å²) >= 11 is 7.89. The van der Waals surface area contributed by atoms with Gasteiger partial charge < -0.3 is 10.1 Å². The first-order valence-electron chi connectivity index (χ1n) is 11.3. The highest BCUT2D eigenvalue weighted by Gasteiger charge is 2.31. The summed E-state index contributed by atoms with van der Waals surface area (Å²) in [5.41, 5.74) is 1.84. The van der Waals surface area contributed by atoms with Crippen molar-refractivity contribution >= 4 is 45.8 Å². The molecule has 2 aromatic rings. The number of anilines is 2. The maximum atomic E-state index is 12.2. The molecular formula is C25H32ClN3O2S. The van der Waals surface area contributed by atoms with Crippen molar-refractivity contribution in [2.75, 3.05) is 11.9 Å². The zero-order chi connectivity index (χ0) is 23.0. The summed E-state index contributed by atoms with van der Waals surface area (Å²) < 4.78 is 6.56. The van der Waals surface area contributed by atoms with Gasteiger partial charge in [0.05, 0.1) is 23.3 Å². The first-order chi connectivity index (χ1) is 15.4. The van der Waals surface area contributed by atoms with Gasteiger partial charge in [-0.15, -0.1) is 0 Å². The van der Waals surface area contributed by atoms with Crippen molar-refractivity contribution in [3.8, 4) is 5.75 Å². The van der Waals surface area contributed by atoms with Crippen molar-refractivity contribution in [3.63, 3.8) is 0 Å². The van der Waals surface area contributed by atoms with Gasteiger partial charge in [0.25, 0.3) is 0 Å². The van der Waals surface area contributed by atoms with Crippen LogP contribution in [0.2, 0.25) is 4.34 Å². The van der Waals surface area contributed by atoms with Crippen LogP contribution < -0.4 is 10.1 Å². The number of hydrogen-bond donors (Lipinski definition) is 1. The maximum Gasteiger partial charge on any atom is 0.188 e. The molecule has 3 rings (SSSR count). The van der Waals surface area contributed by atoms with Gasteiger partial charge in [-0.05, 0) is 44.9 Å². The van der Waals surface area contributed by atoms with Gasteiger partial charge in [0.1, 0.15) is 10.1 Å². The largest absolute Gasteiger partial charge is 0.493 e. The molecule has 0 radical (unpaired) electrons. The molecule has 0 fully saturated rings. The molecule has 0 aliphatic carbocycles. The lowest BCUT2D eigenvalue weighted by Gasteiger charge is -2.23. The zero-order valence-corrected chi connectivity index (χ0v) is 20.7. The summed E-state index contributed by atoms with van der Waals surface area (Å²) in [4.78, 5) is 21.2. The van der Waals surface area contributed by atoms with E-state index in [0.29, 0.717) is 27.4 Å². The molecule has 0 saturated heterocycles. The SMILES string of the molecule is CCCCCCCCOc1ccc(Nc2nc(C3(C)C=NC=CC3)c(Cl)s2)cc1C(C)=O. The Morgan fingerprint density at radius 2 is 2.03 bits per heavy atom. The molecule has 0 bridgehead atoms. The monoisotopic (exact) mass is 473 g/mol. The van der Waals surface area contributed by atoms with Gasteiger partial charge in [-0.3, -0.25) is 9.79 Å². The fourth-order valence-electron chi connectivity index (χ4n) is 3.68. The van der Waals surface area contributed by atoms with Crippen molar-refractivity contribution < 1.29 is 9.53 Å². The van der Waals surface area contributed by atoms with E-state index in [0.717, 1.165) is 30.6 Å². The van der Waals surface area contributed by atoms with Gasteiger partial charge in [-0.1, -0.05) is 68.0 Å². The minimum absolute atomic E-state index is 0.0258. The third-order valence-corrected chi connectivity index (χ3v) is 6.75. The molecule has 1 aromatic heterocycles. The molecule has 5 nitrogen and oxygen atoms in total. The highest BCUT2D eigenvalue weighted by molar-refractivity contribution is 7.19. The van der Waals surface area contributed by atoms with Crippen LogP contribution in [-0.4, -0.2) is 23.6 Å². The van der Waals surface area contributed by atoms with E-state index >= 15 is 0 Å². The number of rotatable bonds is 12. The molecule has 172 valence electrons. The Morgan fingerprint density at radius 1 is 1.25 bits per heavy atom. The van der Waals surface area contributed by atoms with Crippen LogP contribution in [0.15, 0.2) is 35.5 Å². The molecule has 1 atom stereocenters. The highest BCUT2D eigenvalue weighted by Crippen LogP contribution is 2.39. The number of benzene rings is 1. The zero-order valence-electron chi connectivity index (χ0n) is 19.1. The van der Waals surface area contributed by atoms with Crippen LogP contribution in [0.1, 0.15) is 81.8 Å². The van der Waals surface area contributed by atoms with Crippen molar-refractivity contribution in [3.05, 3.63) is 46.1 Å². The van der Waals surface area contributed by atoms with Crippen LogP contribution >= 0.6 is 22.9 Å². The van der Waals surface area contributed by atoms with E-state index in [9.17, 15) is 4.79 Å². The van der Waals surface area contributed by atoms with Crippen LogP contribution in [-0.2, 0) is 5.41 Å². The van der Waals surface area contributed by atoms with E-state index in [4.69, 9.17) is 21.3 Å². The van der Waals surface area contributed by atoms with Crippen molar-refractivity contribution in [2.24, 2.45) is 4.99 Å². The number of carbonyl (C=O) groups is 1. The van der Waals surface area contributed by atoms with E-state index < -0.39 is 0 Å². The number of ketones is 1. The molecule has 1 unspecified atom stereocenters. The summed E-state index contributed by atoms with van der Waals surface area (Å²) in [6.45, 7) is 6.48. The van der Waals surface area contributed by atoms with Crippen LogP contribution in [0.5, 0.6) is 5.75 Å². The molecule has 7 heteroatoms. The number of carbonyl (C=O) groups excluding carboxylic acids is 1. The number of hydrogen-bond acceptors (Lipinski definition) is 6. The van der Waals surface area contributed by atoms with Crippen LogP contribution in [0.4, 0.5) is 10.8 Å². The van der Waals surface area contributed by atoms with E-state index in [1.807, 2.05) is 30.5 Å². The molecule has 1 aliphatic rings. The number of aliphatic imine (C=N–C) groups is 1. The average molecular weight is 474 g/mol. The molecular weight excluding hydrogens is 442 g/mol. The predicted octanol–water partition coefficient (Wildman–Crippen LogP) is 7.73. The molecule has 2 heterocycles. The van der Waals surface area contributed by atoms with Gasteiger partial charge in [0.2, 0.25) is 0 Å². The van der Waals surface area contributed by atoms with Gasteiger partial charge in [0, 0.05) is 18.1 Å². The molecule has 1 aliphatic heterocycles. The first kappa shape index (κ1) is 24.5. The number of allylic oxidation sites excluding steroid dienone is 1. The third-order valence-electron chi connectivity index (χ3n) is 5.59. The summed E-state index contributed by atoms with van der Waals surface area (Å²) in [7, 11) is 0. The molecule has 1 aromatic carbocycles. The topological polar surface area (TPSA) is 63.6 Å². The Balaban J connectivity index is 1.65. The summed E-state index contributed by atoms with van der Waals surface area (Å²) in [6, 6.07) is 5.58. The fraction of sp³-hybridized carbons (Fsp3) is 0.480. The van der Waals surface area contributed by atoms with E-state index in [1.165, 1.54) is 37.0 Å². The third kappa shape index (κ3) is 6.42. The molecule has 1 N–H and O–H groups in total. The number of thiazole rings is 1. The number of unbranched alkanes of at least 4 members (excludes halogenated alkanes) is 5. The van der Waals surface area contributed by atoms with Crippen LogP contribution in [0.25, 0.3) is 0 Å². The number of aromatic nitrogens is 1. The second-order valence-corrected chi connectivity index (χ2v) is 10.0. The van der Waals surface area contributed by atoms with Crippen molar-refractivity contribution in [1.82, 2.24) is 4.98 Å². The Bertz CT molecular complexity index is 986. The second kappa shape index (κ2) is 11.6. The van der Waals surface area contributed by atoms with E-state index in [1.54, 1.807) is 13.1 Å². The molecule has 0 saturated carbocycles. The quantitative estimate of drug-likeness (QED) is 0.253. The summed E-state index contributed by atoms with van der Waals surface area (Å²) in [5.74, 6) is 0.606. The smallest absolute Gasteiger partial charge is 0.188 e. The molecule has 0 amide bonds. The van der Waals surface area contributed by atoms with Gasteiger partial charge >= 0.3 is 0 Å². The Hall–Kier alpha value is -2.18. The van der Waals surface area contributed by atoms with Crippen molar-refractivity contribution in [2.45, 2.75) is 71.1 Å².